The van der Waals surface area contributed by atoms with E-state index in [4.69, 9.17) is 19.6 Å². The van der Waals surface area contributed by atoms with E-state index in [9.17, 15) is 14.2 Å². The number of aliphatic hydroxyl groups is 1. The van der Waals surface area contributed by atoms with Crippen LogP contribution in [0.15, 0.2) is 0 Å². The summed E-state index contributed by atoms with van der Waals surface area (Å²) in [6, 6.07) is 0. The molecule has 18 heavy (non-hydrogen) atoms. The Hall–Kier alpha value is 0.220. The van der Waals surface area contributed by atoms with Gasteiger partial charge in [0.1, 0.15) is 5.78 Å². The molecule has 0 aromatic rings. The van der Waals surface area contributed by atoms with Gasteiger partial charge in [-0.2, -0.15) is 0 Å². The van der Waals surface area contributed by atoms with Crippen molar-refractivity contribution in [1.29, 1.82) is 0 Å². The lowest BCUT2D eigenvalue weighted by Crippen LogP contribution is -2.33. The van der Waals surface area contributed by atoms with Crippen molar-refractivity contribution in [3.05, 3.63) is 0 Å². The number of rotatable bonds is 9. The number of hydrogen-bond donors (Lipinski definition) is 6. The predicted molar refractivity (Wildman–Crippen MR) is 66.0 cm³/mol. The van der Waals surface area contributed by atoms with E-state index in [0.29, 0.717) is 13.0 Å². The van der Waals surface area contributed by atoms with Gasteiger partial charge in [-0.3, -0.25) is 9.13 Å². The molecule has 6 N–H and O–H groups in total. The minimum atomic E-state index is -4.75. The van der Waals surface area contributed by atoms with Crippen molar-refractivity contribution in [1.82, 2.24) is 5.32 Å². The summed E-state index contributed by atoms with van der Waals surface area (Å²) in [4.78, 5) is 35.4. The van der Waals surface area contributed by atoms with E-state index in [-0.39, 0.29) is 0 Å². The van der Waals surface area contributed by atoms with E-state index in [0.717, 1.165) is 12.8 Å². The van der Waals surface area contributed by atoms with E-state index >= 15 is 0 Å². The average Bonchev–Trinajstić information content (AvgIpc) is 2.19. The van der Waals surface area contributed by atoms with Gasteiger partial charge in [0.15, 0.2) is 5.85 Å². The van der Waals surface area contributed by atoms with Crippen LogP contribution < -0.4 is 5.32 Å². The molecule has 2 atom stereocenters. The summed E-state index contributed by atoms with van der Waals surface area (Å²) < 4.78 is 21.9. The molecule has 0 aromatic heterocycles. The van der Waals surface area contributed by atoms with E-state index in [1.807, 2.05) is 6.92 Å². The van der Waals surface area contributed by atoms with Crippen LogP contribution in [-0.2, 0) is 9.13 Å². The third-order valence-electron chi connectivity index (χ3n) is 2.39. The second-order valence-electron chi connectivity index (χ2n) is 4.07. The van der Waals surface area contributed by atoms with Gasteiger partial charge < -0.3 is 30.0 Å². The molecule has 2 unspecified atom stereocenters. The molecule has 0 bridgehead atoms. The zero-order valence-electron chi connectivity index (χ0n) is 10.1. The molecule has 0 fully saturated rings. The van der Waals surface area contributed by atoms with Gasteiger partial charge in [0.25, 0.3) is 0 Å². The van der Waals surface area contributed by atoms with Gasteiger partial charge in [0.05, 0.1) is 0 Å². The van der Waals surface area contributed by atoms with Crippen molar-refractivity contribution in [3.8, 4) is 0 Å². The largest absolute Gasteiger partial charge is 0.380 e. The third kappa shape index (κ3) is 7.61. The second kappa shape index (κ2) is 7.72. The van der Waals surface area contributed by atoms with Crippen molar-refractivity contribution in [2.24, 2.45) is 0 Å². The quantitative estimate of drug-likeness (QED) is 0.261. The van der Waals surface area contributed by atoms with Crippen LogP contribution >= 0.6 is 15.2 Å². The lowest BCUT2D eigenvalue weighted by Gasteiger charge is -2.23. The maximum Gasteiger partial charge on any atom is 0.353 e. The van der Waals surface area contributed by atoms with E-state index in [1.54, 1.807) is 0 Å². The lowest BCUT2D eigenvalue weighted by atomic mass is 10.2. The van der Waals surface area contributed by atoms with Gasteiger partial charge in [-0.05, 0) is 13.0 Å². The molecule has 0 aliphatic rings. The molecule has 8 nitrogen and oxygen atoms in total. The van der Waals surface area contributed by atoms with Crippen LogP contribution in [0, 0.1) is 0 Å². The maximum absolute atomic E-state index is 11.1. The molecular weight excluding hydrogens is 284 g/mol. The van der Waals surface area contributed by atoms with Crippen LogP contribution in [0.2, 0.25) is 0 Å². The molecular formula is C8H21NO7P2. The molecule has 0 aromatic carbocycles. The molecule has 0 radical (unpaired) electrons. The molecule has 10 heteroatoms. The van der Waals surface area contributed by atoms with Crippen molar-refractivity contribution in [2.75, 3.05) is 6.54 Å². The van der Waals surface area contributed by atoms with Crippen molar-refractivity contribution < 1.29 is 33.8 Å². The highest BCUT2D eigenvalue weighted by Crippen LogP contribution is 2.48. The Balaban J connectivity index is 4.43. The highest BCUT2D eigenvalue weighted by atomic mass is 31.2. The Morgan fingerprint density at radius 3 is 2.00 bits per heavy atom. The topological polar surface area (TPSA) is 147 Å². The fourth-order valence-electron chi connectivity index (χ4n) is 1.32. The maximum atomic E-state index is 11.1. The summed E-state index contributed by atoms with van der Waals surface area (Å²) in [5.74, 6) is -3.52. The zero-order chi connectivity index (χ0) is 14.4. The molecule has 0 aliphatic carbocycles. The first-order valence-electron chi connectivity index (χ1n) is 5.61. The van der Waals surface area contributed by atoms with Crippen LogP contribution in [0.1, 0.15) is 32.6 Å². The fourth-order valence-corrected chi connectivity index (χ4v) is 2.81. The molecule has 0 saturated heterocycles. The second-order valence-corrected chi connectivity index (χ2v) is 7.65. The summed E-state index contributed by atoms with van der Waals surface area (Å²) in [7, 11) is -9.32. The Morgan fingerprint density at radius 2 is 1.61 bits per heavy atom. The van der Waals surface area contributed by atoms with Gasteiger partial charge in [-0.25, -0.2) is 0 Å². The predicted octanol–water partition coefficient (Wildman–Crippen LogP) is 0.156. The third-order valence-corrected chi connectivity index (χ3v) is 4.58. The minimum absolute atomic E-state index is 0.317. The summed E-state index contributed by atoms with van der Waals surface area (Å²) in [6.07, 6.45) is 1.81. The van der Waals surface area contributed by atoms with Gasteiger partial charge in [0.2, 0.25) is 0 Å². The minimum Gasteiger partial charge on any atom is -0.380 e. The first-order valence-corrected chi connectivity index (χ1v) is 8.97. The Kier molecular flexibility index (Phi) is 7.82. The number of hydrogen-bond acceptors (Lipinski definition) is 4. The number of aliphatic hydroxyl groups excluding tert-OH is 1. The molecule has 110 valence electrons. The van der Waals surface area contributed by atoms with Crippen LogP contribution in [0.5, 0.6) is 0 Å². The Morgan fingerprint density at radius 1 is 1.06 bits per heavy atom. The van der Waals surface area contributed by atoms with Gasteiger partial charge in [-0.1, -0.05) is 19.8 Å². The average molecular weight is 305 g/mol. The van der Waals surface area contributed by atoms with Gasteiger partial charge in [-0.15, -0.1) is 0 Å². The standard InChI is InChI=1S/C8H21NO7P2/c1-2-3-4-5-9-7(17(11,12)13)6-8(10)18(14,15)16/h7-10H,2-6H2,1H3,(H2,11,12,13)(H2,14,15,16). The van der Waals surface area contributed by atoms with Gasteiger partial charge >= 0.3 is 15.2 Å². The van der Waals surface area contributed by atoms with Crippen molar-refractivity contribution in [2.45, 2.75) is 44.2 Å². The Bertz CT molecular complexity index is 325. The smallest absolute Gasteiger partial charge is 0.353 e. The molecule has 0 aliphatic heterocycles. The first kappa shape index (κ1) is 18.2. The fraction of sp³-hybridized carbons (Fsp3) is 1.00. The molecule has 0 saturated carbocycles. The lowest BCUT2D eigenvalue weighted by molar-refractivity contribution is 0.184. The van der Waals surface area contributed by atoms with Crippen molar-refractivity contribution in [3.63, 3.8) is 0 Å². The van der Waals surface area contributed by atoms with E-state index < -0.39 is 33.2 Å². The van der Waals surface area contributed by atoms with Crippen molar-refractivity contribution >= 4 is 15.2 Å². The normalized spacial score (nSPS) is 16.6. The van der Waals surface area contributed by atoms with Crippen LogP contribution in [0.3, 0.4) is 0 Å². The Labute approximate surface area is 106 Å². The number of nitrogens with one attached hydrogen (secondary N) is 1. The molecule has 0 heterocycles. The summed E-state index contributed by atoms with van der Waals surface area (Å²) >= 11 is 0. The summed E-state index contributed by atoms with van der Waals surface area (Å²) in [5.41, 5.74) is 0. The monoisotopic (exact) mass is 305 g/mol. The SMILES string of the molecule is CCCCCNC(CC(O)P(=O)(O)O)P(=O)(O)O. The molecule has 0 spiro atoms. The highest BCUT2D eigenvalue weighted by Gasteiger charge is 2.36. The van der Waals surface area contributed by atoms with Crippen LogP contribution in [-0.4, -0.2) is 42.9 Å². The van der Waals surface area contributed by atoms with Crippen LogP contribution in [0.4, 0.5) is 0 Å². The first-order chi connectivity index (χ1) is 8.09. The molecule has 0 rings (SSSR count). The van der Waals surface area contributed by atoms with E-state index in [2.05, 4.69) is 5.32 Å². The summed E-state index contributed by atoms with van der Waals surface area (Å²) in [6.45, 7) is 2.29. The molecule has 0 amide bonds. The van der Waals surface area contributed by atoms with Gasteiger partial charge in [0, 0.05) is 6.42 Å². The van der Waals surface area contributed by atoms with Crippen LogP contribution in [0.25, 0.3) is 0 Å². The number of unbranched alkanes of at least 4 members (excludes halogenated alkanes) is 2. The highest BCUT2D eigenvalue weighted by molar-refractivity contribution is 7.53. The zero-order valence-corrected chi connectivity index (χ0v) is 11.9. The summed E-state index contributed by atoms with van der Waals surface area (Å²) in [5, 5.41) is 11.7. The van der Waals surface area contributed by atoms with E-state index in [1.165, 1.54) is 0 Å².